The topological polar surface area (TPSA) is 101 Å². The molecule has 2 heterocycles. The van der Waals surface area contributed by atoms with E-state index < -0.39 is 5.97 Å². The number of carbonyl (C=O) groups is 2. The van der Waals surface area contributed by atoms with E-state index in [4.69, 9.17) is 9.47 Å². The minimum absolute atomic E-state index is 0.0394. The Balaban J connectivity index is 1.86. The average Bonchev–Trinajstić information content (AvgIpc) is 3.20. The molecule has 1 saturated heterocycles. The molecule has 1 amide bonds. The van der Waals surface area contributed by atoms with Crippen LogP contribution in [0.25, 0.3) is 11.3 Å². The van der Waals surface area contributed by atoms with Gasteiger partial charge in [0.05, 0.1) is 42.3 Å². The highest BCUT2D eigenvalue weighted by Crippen LogP contribution is 2.24. The van der Waals surface area contributed by atoms with Gasteiger partial charge in [0.2, 0.25) is 0 Å². The summed E-state index contributed by atoms with van der Waals surface area (Å²) in [5, 5.41) is 12.4. The smallest absolute Gasteiger partial charge is 0.339 e. The Morgan fingerprint density at radius 2 is 2.07 bits per heavy atom. The summed E-state index contributed by atoms with van der Waals surface area (Å²) in [6.45, 7) is 2.88. The van der Waals surface area contributed by atoms with Gasteiger partial charge >= 0.3 is 5.97 Å². The lowest BCUT2D eigenvalue weighted by molar-refractivity contribution is 0.0599. The molecule has 3 rings (SSSR count). The maximum atomic E-state index is 12.3. The molecule has 1 aromatic heterocycles. The zero-order valence-corrected chi connectivity index (χ0v) is 15.1. The predicted molar refractivity (Wildman–Crippen MR) is 97.2 cm³/mol. The van der Waals surface area contributed by atoms with Crippen LogP contribution in [0.15, 0.2) is 30.3 Å². The van der Waals surface area contributed by atoms with Crippen molar-refractivity contribution in [2.75, 3.05) is 20.3 Å². The van der Waals surface area contributed by atoms with Crippen molar-refractivity contribution in [3.05, 3.63) is 52.7 Å². The monoisotopic (exact) mass is 365 g/mol. The number of aromatic nitrogens is 1. The number of hydrogen-bond donors (Lipinski definition) is 1. The van der Waals surface area contributed by atoms with Crippen molar-refractivity contribution < 1.29 is 19.1 Å². The number of rotatable bonds is 4. The van der Waals surface area contributed by atoms with E-state index in [0.717, 1.165) is 6.42 Å². The number of ether oxygens (including phenoxy) is 2. The molecular formula is C20H19N3O4. The quantitative estimate of drug-likeness (QED) is 0.834. The van der Waals surface area contributed by atoms with Crippen LogP contribution in [0.4, 0.5) is 0 Å². The van der Waals surface area contributed by atoms with E-state index in [0.29, 0.717) is 35.7 Å². The van der Waals surface area contributed by atoms with Crippen molar-refractivity contribution in [1.82, 2.24) is 10.3 Å². The van der Waals surface area contributed by atoms with Gasteiger partial charge in [-0.05, 0) is 31.5 Å². The first-order valence-corrected chi connectivity index (χ1v) is 8.52. The molecule has 7 heteroatoms. The van der Waals surface area contributed by atoms with Crippen LogP contribution in [-0.2, 0) is 9.47 Å². The number of amides is 1. The van der Waals surface area contributed by atoms with Crippen molar-refractivity contribution >= 4 is 11.9 Å². The van der Waals surface area contributed by atoms with Crippen LogP contribution >= 0.6 is 0 Å². The Morgan fingerprint density at radius 1 is 1.33 bits per heavy atom. The molecule has 0 radical (unpaired) electrons. The summed E-state index contributed by atoms with van der Waals surface area (Å²) >= 11 is 0. The van der Waals surface area contributed by atoms with Crippen molar-refractivity contribution in [1.29, 1.82) is 5.26 Å². The third-order valence-corrected chi connectivity index (χ3v) is 4.42. The Hall–Kier alpha value is -3.24. The summed E-state index contributed by atoms with van der Waals surface area (Å²) in [5.74, 6) is -0.700. The molecule has 0 bridgehead atoms. The van der Waals surface area contributed by atoms with Crippen LogP contribution in [0.3, 0.4) is 0 Å². The van der Waals surface area contributed by atoms with Gasteiger partial charge < -0.3 is 14.8 Å². The molecule has 1 aromatic carbocycles. The molecule has 0 spiro atoms. The number of nitrogens with one attached hydrogen (secondary N) is 1. The number of benzene rings is 1. The molecular weight excluding hydrogens is 346 g/mol. The minimum Gasteiger partial charge on any atom is -0.465 e. The summed E-state index contributed by atoms with van der Waals surface area (Å²) in [6, 6.07) is 10.4. The maximum Gasteiger partial charge on any atom is 0.339 e. The summed E-state index contributed by atoms with van der Waals surface area (Å²) in [5.41, 5.74) is 2.66. The van der Waals surface area contributed by atoms with Gasteiger partial charge in [0, 0.05) is 17.7 Å². The van der Waals surface area contributed by atoms with Crippen LogP contribution in [0, 0.1) is 18.3 Å². The van der Waals surface area contributed by atoms with E-state index in [1.165, 1.54) is 13.2 Å². The summed E-state index contributed by atoms with van der Waals surface area (Å²) in [4.78, 5) is 28.5. The third kappa shape index (κ3) is 3.96. The van der Waals surface area contributed by atoms with Gasteiger partial charge in [-0.3, -0.25) is 9.78 Å². The Morgan fingerprint density at radius 3 is 2.67 bits per heavy atom. The van der Waals surface area contributed by atoms with Gasteiger partial charge in [0.15, 0.2) is 0 Å². The minimum atomic E-state index is -0.536. The summed E-state index contributed by atoms with van der Waals surface area (Å²) in [6.07, 6.45) is 0.811. The first-order chi connectivity index (χ1) is 13.0. The van der Waals surface area contributed by atoms with Gasteiger partial charge in [-0.1, -0.05) is 12.1 Å². The summed E-state index contributed by atoms with van der Waals surface area (Å²) < 4.78 is 9.97. The van der Waals surface area contributed by atoms with Crippen LogP contribution in [0.5, 0.6) is 0 Å². The molecule has 0 unspecified atom stereocenters. The number of carbonyl (C=O) groups excluding carboxylic acids is 2. The Labute approximate surface area is 156 Å². The van der Waals surface area contributed by atoms with E-state index in [-0.39, 0.29) is 23.1 Å². The molecule has 0 aliphatic carbocycles. The van der Waals surface area contributed by atoms with E-state index in [2.05, 4.69) is 16.4 Å². The highest BCUT2D eigenvalue weighted by molar-refractivity contribution is 5.95. The molecule has 1 N–H and O–H groups in total. The van der Waals surface area contributed by atoms with Gasteiger partial charge in [-0.2, -0.15) is 5.26 Å². The molecule has 2 aromatic rings. The molecule has 138 valence electrons. The number of aryl methyl sites for hydroxylation is 1. The molecule has 7 nitrogen and oxygen atoms in total. The number of nitrogens with zero attached hydrogens (tertiary/aromatic N) is 2. The van der Waals surface area contributed by atoms with E-state index >= 15 is 0 Å². The predicted octanol–water partition coefficient (Wildman–Crippen LogP) is 2.23. The third-order valence-electron chi connectivity index (χ3n) is 4.42. The SMILES string of the molecule is COC(=O)c1cc(C#N)c(-c2ccc(C(=O)N[C@@H]3CCOC3)cc2)nc1C. The lowest BCUT2D eigenvalue weighted by Gasteiger charge is -2.12. The number of esters is 1. The Kier molecular flexibility index (Phi) is 5.48. The molecule has 1 aliphatic heterocycles. The first kappa shape index (κ1) is 18.5. The molecule has 27 heavy (non-hydrogen) atoms. The summed E-state index contributed by atoms with van der Waals surface area (Å²) in [7, 11) is 1.28. The number of hydrogen-bond acceptors (Lipinski definition) is 6. The average molecular weight is 365 g/mol. The lowest BCUT2D eigenvalue weighted by atomic mass is 10.0. The zero-order chi connectivity index (χ0) is 19.4. The highest BCUT2D eigenvalue weighted by Gasteiger charge is 2.19. The fraction of sp³-hybridized carbons (Fsp3) is 0.300. The van der Waals surface area contributed by atoms with Crippen molar-refractivity contribution in [3.8, 4) is 17.3 Å². The first-order valence-electron chi connectivity index (χ1n) is 8.52. The molecule has 0 saturated carbocycles. The molecule has 1 fully saturated rings. The van der Waals surface area contributed by atoms with Gasteiger partial charge in [-0.25, -0.2) is 4.79 Å². The normalized spacial score (nSPS) is 15.8. The van der Waals surface area contributed by atoms with Gasteiger partial charge in [0.25, 0.3) is 5.91 Å². The maximum absolute atomic E-state index is 12.3. The van der Waals surface area contributed by atoms with E-state index in [1.807, 2.05) is 0 Å². The van der Waals surface area contributed by atoms with Crippen LogP contribution < -0.4 is 5.32 Å². The second kappa shape index (κ2) is 7.98. The van der Waals surface area contributed by atoms with Crippen molar-refractivity contribution in [2.45, 2.75) is 19.4 Å². The van der Waals surface area contributed by atoms with E-state index in [9.17, 15) is 14.9 Å². The second-order valence-electron chi connectivity index (χ2n) is 6.23. The lowest BCUT2D eigenvalue weighted by Crippen LogP contribution is -2.34. The zero-order valence-electron chi connectivity index (χ0n) is 15.1. The van der Waals surface area contributed by atoms with Crippen LogP contribution in [-0.4, -0.2) is 43.2 Å². The van der Waals surface area contributed by atoms with Crippen LogP contribution in [0.1, 0.15) is 38.4 Å². The number of pyridine rings is 1. The number of nitriles is 1. The second-order valence-corrected chi connectivity index (χ2v) is 6.23. The molecule has 1 atom stereocenters. The standard InChI is InChI=1S/C20H19N3O4/c1-12-17(20(25)26-2)9-15(10-21)18(22-12)13-3-5-14(6-4-13)19(24)23-16-7-8-27-11-16/h3-6,9,16H,7-8,11H2,1-2H3,(H,23,24)/t16-/m1/s1. The largest absolute Gasteiger partial charge is 0.465 e. The highest BCUT2D eigenvalue weighted by atomic mass is 16.5. The number of methoxy groups -OCH3 is 1. The van der Waals surface area contributed by atoms with Gasteiger partial charge in [0.1, 0.15) is 6.07 Å². The molecule has 1 aliphatic rings. The van der Waals surface area contributed by atoms with Gasteiger partial charge in [-0.15, -0.1) is 0 Å². The Bertz CT molecular complexity index is 910. The van der Waals surface area contributed by atoms with E-state index in [1.54, 1.807) is 31.2 Å². The fourth-order valence-corrected chi connectivity index (χ4v) is 2.92. The van der Waals surface area contributed by atoms with Crippen molar-refractivity contribution in [2.24, 2.45) is 0 Å². The fourth-order valence-electron chi connectivity index (χ4n) is 2.92. The van der Waals surface area contributed by atoms with Crippen molar-refractivity contribution in [3.63, 3.8) is 0 Å². The van der Waals surface area contributed by atoms with Crippen LogP contribution in [0.2, 0.25) is 0 Å².